The maximum atomic E-state index is 10.6. The lowest BCUT2D eigenvalue weighted by molar-refractivity contribution is -0.109. The highest BCUT2D eigenvalue weighted by atomic mass is 16.1. The van der Waals surface area contributed by atoms with Crippen LogP contribution in [0.25, 0.3) is 0 Å². The molecule has 0 aliphatic rings. The highest BCUT2D eigenvalue weighted by Gasteiger charge is 2.05. The molecule has 0 aromatic heterocycles. The highest BCUT2D eigenvalue weighted by Crippen LogP contribution is 2.11. The molecule has 0 aliphatic carbocycles. The molecule has 1 rings (SSSR count). The van der Waals surface area contributed by atoms with Crippen LogP contribution >= 0.6 is 0 Å². The highest BCUT2D eigenvalue weighted by molar-refractivity contribution is 5.61. The van der Waals surface area contributed by atoms with Gasteiger partial charge in [0.25, 0.3) is 0 Å². The van der Waals surface area contributed by atoms with Crippen LogP contribution in [-0.4, -0.2) is 13.3 Å². The Labute approximate surface area is 79.0 Å². The van der Waals surface area contributed by atoms with Crippen LogP contribution in [-0.2, 0) is 11.2 Å². The topological polar surface area (TPSA) is 29.1 Å². The van der Waals surface area contributed by atoms with E-state index in [1.165, 1.54) is 5.56 Å². The van der Waals surface area contributed by atoms with Gasteiger partial charge in [0.1, 0.15) is 6.29 Å². The zero-order chi connectivity index (χ0) is 9.68. The Kier molecular flexibility index (Phi) is 3.65. The van der Waals surface area contributed by atoms with Gasteiger partial charge in [-0.3, -0.25) is 0 Å². The molecule has 1 aromatic rings. The normalized spacial score (nSPS) is 12.5. The molecular formula is C11H15NO. The van der Waals surface area contributed by atoms with Crippen molar-refractivity contribution >= 4 is 6.29 Å². The second kappa shape index (κ2) is 4.77. The van der Waals surface area contributed by atoms with Crippen molar-refractivity contribution in [3.63, 3.8) is 0 Å². The number of aryl methyl sites for hydroxylation is 1. The molecule has 1 N–H and O–H groups in total. The quantitative estimate of drug-likeness (QED) is 0.709. The lowest BCUT2D eigenvalue weighted by atomic mass is 10.1. The third kappa shape index (κ3) is 2.39. The van der Waals surface area contributed by atoms with Gasteiger partial charge in [-0.15, -0.1) is 0 Å². The minimum Gasteiger partial charge on any atom is -0.307 e. The van der Waals surface area contributed by atoms with E-state index in [-0.39, 0.29) is 6.04 Å². The Bertz CT molecular complexity index is 266. The Morgan fingerprint density at radius 2 is 2.00 bits per heavy atom. The van der Waals surface area contributed by atoms with Crippen LogP contribution in [0.4, 0.5) is 0 Å². The van der Waals surface area contributed by atoms with Crippen LogP contribution in [0, 0.1) is 0 Å². The number of nitrogens with one attached hydrogen (secondary N) is 1. The van der Waals surface area contributed by atoms with Gasteiger partial charge in [-0.25, -0.2) is 0 Å². The molecule has 70 valence electrons. The second-order valence-electron chi connectivity index (χ2n) is 3.00. The summed E-state index contributed by atoms with van der Waals surface area (Å²) in [4.78, 5) is 10.6. The van der Waals surface area contributed by atoms with E-state index in [4.69, 9.17) is 0 Å². The Balaban J connectivity index is 2.83. The van der Waals surface area contributed by atoms with Gasteiger partial charge in [-0.1, -0.05) is 31.2 Å². The zero-order valence-electron chi connectivity index (χ0n) is 8.08. The van der Waals surface area contributed by atoms with Gasteiger partial charge in [0.15, 0.2) is 0 Å². The summed E-state index contributed by atoms with van der Waals surface area (Å²) in [5.41, 5.74) is 2.32. The summed E-state index contributed by atoms with van der Waals surface area (Å²) in [6, 6.07) is 7.93. The number of hydrogen-bond acceptors (Lipinski definition) is 2. The lowest BCUT2D eigenvalue weighted by Gasteiger charge is -2.09. The van der Waals surface area contributed by atoms with Crippen LogP contribution in [0.1, 0.15) is 24.1 Å². The molecule has 0 radical (unpaired) electrons. The van der Waals surface area contributed by atoms with E-state index in [0.717, 1.165) is 18.3 Å². The lowest BCUT2D eigenvalue weighted by Crippen LogP contribution is -2.17. The van der Waals surface area contributed by atoms with E-state index in [1.54, 1.807) is 7.05 Å². The standard InChI is InChI=1S/C11H15NO/c1-3-9-4-6-10(7-5-9)11(8-13)12-2/h4-8,11-12H,3H2,1-2H3. The van der Waals surface area contributed by atoms with Crippen molar-refractivity contribution in [2.75, 3.05) is 7.05 Å². The minimum absolute atomic E-state index is 0.175. The minimum atomic E-state index is -0.175. The first-order valence-electron chi connectivity index (χ1n) is 4.53. The first kappa shape index (κ1) is 9.93. The molecule has 2 nitrogen and oxygen atoms in total. The van der Waals surface area contributed by atoms with Gasteiger partial charge < -0.3 is 10.1 Å². The Morgan fingerprint density at radius 3 is 2.38 bits per heavy atom. The summed E-state index contributed by atoms with van der Waals surface area (Å²) in [7, 11) is 1.78. The number of carbonyl (C=O) groups is 1. The average Bonchev–Trinajstić information content (AvgIpc) is 2.21. The predicted molar refractivity (Wildman–Crippen MR) is 53.7 cm³/mol. The zero-order valence-corrected chi connectivity index (χ0v) is 8.08. The number of rotatable bonds is 4. The summed E-state index contributed by atoms with van der Waals surface area (Å²) in [6.07, 6.45) is 1.95. The van der Waals surface area contributed by atoms with E-state index in [1.807, 2.05) is 12.1 Å². The first-order valence-corrected chi connectivity index (χ1v) is 4.53. The smallest absolute Gasteiger partial charge is 0.141 e. The van der Waals surface area contributed by atoms with Gasteiger partial charge in [0, 0.05) is 0 Å². The molecule has 13 heavy (non-hydrogen) atoms. The fourth-order valence-electron chi connectivity index (χ4n) is 1.27. The molecule has 0 saturated heterocycles. The van der Waals surface area contributed by atoms with Crippen molar-refractivity contribution in [3.05, 3.63) is 35.4 Å². The van der Waals surface area contributed by atoms with E-state index in [0.29, 0.717) is 0 Å². The second-order valence-corrected chi connectivity index (χ2v) is 3.00. The van der Waals surface area contributed by atoms with E-state index >= 15 is 0 Å². The summed E-state index contributed by atoms with van der Waals surface area (Å²) < 4.78 is 0. The number of likely N-dealkylation sites (N-methyl/N-ethyl adjacent to an activating group) is 1. The molecule has 0 spiro atoms. The summed E-state index contributed by atoms with van der Waals surface area (Å²) in [5, 5.41) is 2.94. The van der Waals surface area contributed by atoms with Gasteiger partial charge in [-0.2, -0.15) is 0 Å². The molecule has 0 bridgehead atoms. The van der Waals surface area contributed by atoms with Crippen LogP contribution < -0.4 is 5.32 Å². The van der Waals surface area contributed by atoms with Crippen LogP contribution in [0.5, 0.6) is 0 Å². The fourth-order valence-corrected chi connectivity index (χ4v) is 1.27. The molecule has 1 aromatic carbocycles. The summed E-state index contributed by atoms with van der Waals surface area (Å²) in [6.45, 7) is 2.12. The molecule has 0 amide bonds. The largest absolute Gasteiger partial charge is 0.307 e. The maximum absolute atomic E-state index is 10.6. The molecule has 2 heteroatoms. The third-order valence-corrected chi connectivity index (χ3v) is 2.19. The summed E-state index contributed by atoms with van der Waals surface area (Å²) in [5.74, 6) is 0. The van der Waals surface area contributed by atoms with Crippen LogP contribution in [0.2, 0.25) is 0 Å². The number of aldehydes is 1. The average molecular weight is 177 g/mol. The maximum Gasteiger partial charge on any atom is 0.141 e. The number of carbonyl (C=O) groups excluding carboxylic acids is 1. The third-order valence-electron chi connectivity index (χ3n) is 2.19. The van der Waals surface area contributed by atoms with Gasteiger partial charge in [-0.05, 0) is 24.6 Å². The SMILES string of the molecule is CCc1ccc(C(C=O)NC)cc1. The predicted octanol–water partition coefficient (Wildman–Crippen LogP) is 1.71. The van der Waals surface area contributed by atoms with Crippen LogP contribution in [0.15, 0.2) is 24.3 Å². The number of hydrogen-bond donors (Lipinski definition) is 1. The van der Waals surface area contributed by atoms with Gasteiger partial charge in [0.05, 0.1) is 6.04 Å². The van der Waals surface area contributed by atoms with Crippen molar-refractivity contribution in [3.8, 4) is 0 Å². The molecule has 0 fully saturated rings. The van der Waals surface area contributed by atoms with Crippen molar-refractivity contribution < 1.29 is 4.79 Å². The van der Waals surface area contributed by atoms with Crippen molar-refractivity contribution in [2.24, 2.45) is 0 Å². The molecule has 0 heterocycles. The van der Waals surface area contributed by atoms with Crippen molar-refractivity contribution in [1.29, 1.82) is 0 Å². The fraction of sp³-hybridized carbons (Fsp3) is 0.364. The first-order chi connectivity index (χ1) is 6.31. The van der Waals surface area contributed by atoms with E-state index in [2.05, 4.69) is 24.4 Å². The molecule has 0 saturated carbocycles. The molecule has 1 atom stereocenters. The van der Waals surface area contributed by atoms with Gasteiger partial charge >= 0.3 is 0 Å². The summed E-state index contributed by atoms with van der Waals surface area (Å²) >= 11 is 0. The molecular weight excluding hydrogens is 162 g/mol. The van der Waals surface area contributed by atoms with Crippen molar-refractivity contribution in [2.45, 2.75) is 19.4 Å². The monoisotopic (exact) mass is 177 g/mol. The van der Waals surface area contributed by atoms with Crippen molar-refractivity contribution in [1.82, 2.24) is 5.32 Å². The Hall–Kier alpha value is -1.15. The molecule has 0 aliphatic heterocycles. The van der Waals surface area contributed by atoms with E-state index < -0.39 is 0 Å². The van der Waals surface area contributed by atoms with E-state index in [9.17, 15) is 4.79 Å². The Morgan fingerprint density at radius 1 is 1.38 bits per heavy atom. The molecule has 1 unspecified atom stereocenters. The van der Waals surface area contributed by atoms with Crippen LogP contribution in [0.3, 0.4) is 0 Å². The number of benzene rings is 1. The van der Waals surface area contributed by atoms with Gasteiger partial charge in [0.2, 0.25) is 0 Å².